The topological polar surface area (TPSA) is 17.8 Å². The molecule has 0 saturated carbocycles. The van der Waals surface area contributed by atoms with Crippen molar-refractivity contribution in [1.29, 1.82) is 0 Å². The van der Waals surface area contributed by atoms with Crippen LogP contribution in [0.4, 0.5) is 0 Å². The molecule has 2 atom stereocenters. The van der Waals surface area contributed by atoms with Crippen LogP contribution in [0.25, 0.3) is 0 Å². The van der Waals surface area contributed by atoms with Crippen LogP contribution in [-0.2, 0) is 18.4 Å². The van der Waals surface area contributed by atoms with Gasteiger partial charge in [0.2, 0.25) is 0 Å². The lowest BCUT2D eigenvalue weighted by atomic mass is 9.66. The highest BCUT2D eigenvalue weighted by atomic mass is 15.1. The van der Waals surface area contributed by atoms with Gasteiger partial charge in [0.05, 0.1) is 0 Å². The van der Waals surface area contributed by atoms with Gasteiger partial charge in [-0.15, -0.1) is 0 Å². The molecule has 0 amide bonds. The normalized spacial score (nSPS) is 13.7. The standard InChI is InChI=1S/C41H64N2/c1-4-6-8-9-10-11-12-13-14-15-16-17-18-19-27-34-43-35-33-42-40(43)39(32-22-7-5-2)41(3,38-30-25-21-26-31-38)36-37-28-23-20-24-29-37/h20-21,23-26,28-31,33,35,39H,4-19,22,27,32,34,36H2,1-3H3. The molecule has 0 spiro atoms. The van der Waals surface area contributed by atoms with Gasteiger partial charge >= 0.3 is 0 Å². The Bertz CT molecular complexity index is 1060. The van der Waals surface area contributed by atoms with E-state index in [0.29, 0.717) is 5.92 Å². The van der Waals surface area contributed by atoms with Crippen molar-refractivity contribution in [2.24, 2.45) is 0 Å². The number of aryl methyl sites for hydroxylation is 1. The van der Waals surface area contributed by atoms with Gasteiger partial charge in [-0.3, -0.25) is 0 Å². The van der Waals surface area contributed by atoms with E-state index in [-0.39, 0.29) is 5.41 Å². The molecule has 0 N–H and O–H groups in total. The Morgan fingerprint density at radius 3 is 1.65 bits per heavy atom. The summed E-state index contributed by atoms with van der Waals surface area (Å²) >= 11 is 0. The average Bonchev–Trinajstić information content (AvgIpc) is 3.50. The van der Waals surface area contributed by atoms with Crippen LogP contribution in [0.1, 0.15) is 166 Å². The Labute approximate surface area is 266 Å². The van der Waals surface area contributed by atoms with E-state index in [0.717, 1.165) is 13.0 Å². The maximum absolute atomic E-state index is 5.08. The second kappa shape index (κ2) is 21.4. The summed E-state index contributed by atoms with van der Waals surface area (Å²) in [5.74, 6) is 1.68. The van der Waals surface area contributed by atoms with Crippen molar-refractivity contribution < 1.29 is 0 Å². The van der Waals surface area contributed by atoms with E-state index in [2.05, 4.69) is 98.4 Å². The number of benzene rings is 2. The summed E-state index contributed by atoms with van der Waals surface area (Å²) in [4.78, 5) is 5.08. The average molecular weight is 585 g/mol. The van der Waals surface area contributed by atoms with Crippen LogP contribution < -0.4 is 0 Å². The minimum Gasteiger partial charge on any atom is -0.335 e. The van der Waals surface area contributed by atoms with Crippen LogP contribution in [0.2, 0.25) is 0 Å². The molecule has 1 heterocycles. The number of rotatable bonds is 25. The molecule has 0 aliphatic rings. The van der Waals surface area contributed by atoms with Crippen LogP contribution in [0.15, 0.2) is 73.1 Å². The van der Waals surface area contributed by atoms with Gasteiger partial charge in [-0.25, -0.2) is 4.98 Å². The quantitative estimate of drug-likeness (QED) is 0.0906. The molecule has 3 aromatic rings. The van der Waals surface area contributed by atoms with Crippen LogP contribution >= 0.6 is 0 Å². The van der Waals surface area contributed by atoms with E-state index in [1.807, 2.05) is 0 Å². The SMILES string of the molecule is CCCCCCCCCCCCCCCCCn1ccnc1C(CCCCC)C(C)(Cc1ccccc1)c1ccccc1. The molecule has 43 heavy (non-hydrogen) atoms. The molecule has 0 radical (unpaired) electrons. The lowest BCUT2D eigenvalue weighted by Gasteiger charge is -2.39. The van der Waals surface area contributed by atoms with Gasteiger partial charge in [0, 0.05) is 30.3 Å². The Balaban J connectivity index is 1.51. The van der Waals surface area contributed by atoms with E-state index in [9.17, 15) is 0 Å². The molecule has 3 rings (SSSR count). The Morgan fingerprint density at radius 2 is 1.09 bits per heavy atom. The van der Waals surface area contributed by atoms with E-state index in [4.69, 9.17) is 4.98 Å². The minimum atomic E-state index is -0.0193. The first-order valence-corrected chi connectivity index (χ1v) is 18.3. The number of unbranched alkanes of at least 4 members (excludes halogenated alkanes) is 16. The van der Waals surface area contributed by atoms with E-state index in [1.54, 1.807) is 0 Å². The Hall–Kier alpha value is -2.35. The zero-order valence-electron chi connectivity index (χ0n) is 28.2. The molecule has 0 saturated heterocycles. The van der Waals surface area contributed by atoms with E-state index in [1.165, 1.54) is 139 Å². The Morgan fingerprint density at radius 1 is 0.605 bits per heavy atom. The van der Waals surface area contributed by atoms with Gasteiger partial charge < -0.3 is 4.57 Å². The van der Waals surface area contributed by atoms with E-state index >= 15 is 0 Å². The molecule has 238 valence electrons. The Kier molecular flexibility index (Phi) is 17.5. The molecule has 0 aliphatic heterocycles. The van der Waals surface area contributed by atoms with Crippen LogP contribution in [0.3, 0.4) is 0 Å². The number of nitrogens with zero attached hydrogens (tertiary/aromatic N) is 2. The lowest BCUT2D eigenvalue weighted by molar-refractivity contribution is 0.322. The molecular formula is C41H64N2. The molecule has 0 bridgehead atoms. The van der Waals surface area contributed by atoms with Gasteiger partial charge in [0.15, 0.2) is 0 Å². The monoisotopic (exact) mass is 585 g/mol. The second-order valence-corrected chi connectivity index (χ2v) is 13.4. The first-order valence-electron chi connectivity index (χ1n) is 18.3. The highest BCUT2D eigenvalue weighted by Gasteiger charge is 2.39. The van der Waals surface area contributed by atoms with Gasteiger partial charge in [-0.1, -0.05) is 191 Å². The molecule has 0 fully saturated rings. The summed E-state index contributed by atoms with van der Waals surface area (Å²) in [5.41, 5.74) is 2.82. The van der Waals surface area contributed by atoms with Crippen molar-refractivity contribution in [3.8, 4) is 0 Å². The van der Waals surface area contributed by atoms with Gasteiger partial charge in [0.1, 0.15) is 5.82 Å². The van der Waals surface area contributed by atoms with Crippen LogP contribution in [0.5, 0.6) is 0 Å². The molecular weight excluding hydrogens is 520 g/mol. The summed E-state index contributed by atoms with van der Waals surface area (Å²) in [5, 5.41) is 0. The summed E-state index contributed by atoms with van der Waals surface area (Å²) in [6.45, 7) is 8.20. The lowest BCUT2D eigenvalue weighted by Crippen LogP contribution is -2.35. The second-order valence-electron chi connectivity index (χ2n) is 13.4. The fourth-order valence-electron chi connectivity index (χ4n) is 7.07. The number of hydrogen-bond donors (Lipinski definition) is 0. The zero-order chi connectivity index (χ0) is 30.4. The number of aromatic nitrogens is 2. The summed E-state index contributed by atoms with van der Waals surface area (Å²) < 4.78 is 2.51. The van der Waals surface area contributed by atoms with Crippen molar-refractivity contribution >= 4 is 0 Å². The fourth-order valence-corrected chi connectivity index (χ4v) is 7.07. The molecule has 2 nitrogen and oxygen atoms in total. The largest absolute Gasteiger partial charge is 0.335 e. The highest BCUT2D eigenvalue weighted by Crippen LogP contribution is 2.44. The van der Waals surface area contributed by atoms with Crippen molar-refractivity contribution in [2.75, 3.05) is 0 Å². The van der Waals surface area contributed by atoms with Gasteiger partial charge in [0.25, 0.3) is 0 Å². The van der Waals surface area contributed by atoms with Crippen molar-refractivity contribution in [3.63, 3.8) is 0 Å². The maximum atomic E-state index is 5.08. The zero-order valence-corrected chi connectivity index (χ0v) is 28.2. The van der Waals surface area contributed by atoms with Crippen molar-refractivity contribution in [3.05, 3.63) is 90.0 Å². The number of hydrogen-bond acceptors (Lipinski definition) is 1. The molecule has 2 aromatic carbocycles. The third kappa shape index (κ3) is 12.7. The van der Waals surface area contributed by atoms with Gasteiger partial charge in [-0.2, -0.15) is 0 Å². The molecule has 2 unspecified atom stereocenters. The molecule has 0 aliphatic carbocycles. The highest BCUT2D eigenvalue weighted by molar-refractivity contribution is 5.33. The summed E-state index contributed by atoms with van der Waals surface area (Å²) in [6.07, 6.45) is 31.4. The first kappa shape index (κ1) is 35.1. The molecule has 1 aromatic heterocycles. The fraction of sp³-hybridized carbons (Fsp3) is 0.634. The molecule has 2 heteroatoms. The van der Waals surface area contributed by atoms with Gasteiger partial charge in [-0.05, 0) is 30.4 Å². The van der Waals surface area contributed by atoms with E-state index < -0.39 is 0 Å². The third-order valence-corrected chi connectivity index (χ3v) is 9.77. The van der Waals surface area contributed by atoms with Crippen molar-refractivity contribution in [1.82, 2.24) is 9.55 Å². The van der Waals surface area contributed by atoms with Crippen LogP contribution in [-0.4, -0.2) is 9.55 Å². The predicted molar refractivity (Wildman–Crippen MR) is 188 cm³/mol. The third-order valence-electron chi connectivity index (χ3n) is 9.77. The van der Waals surface area contributed by atoms with Crippen LogP contribution in [0, 0.1) is 0 Å². The predicted octanol–water partition coefficient (Wildman–Crippen LogP) is 12.6. The smallest absolute Gasteiger partial charge is 0.112 e. The maximum Gasteiger partial charge on any atom is 0.112 e. The first-order chi connectivity index (χ1) is 21.2. The number of imidazole rings is 1. The minimum absolute atomic E-state index is 0.0193. The summed E-state index contributed by atoms with van der Waals surface area (Å²) in [6, 6.07) is 22.4. The van der Waals surface area contributed by atoms with Crippen molar-refractivity contribution in [2.45, 2.75) is 167 Å². The summed E-state index contributed by atoms with van der Waals surface area (Å²) in [7, 11) is 0.